The number of rotatable bonds is 4. The van der Waals surface area contributed by atoms with Crippen LogP contribution in [0.25, 0.3) is 27.9 Å². The molecule has 0 bridgehead atoms. The third-order valence-electron chi connectivity index (χ3n) is 5.61. The van der Waals surface area contributed by atoms with Crippen molar-refractivity contribution in [3.05, 3.63) is 77.7 Å². The number of hydrogen-bond acceptors (Lipinski definition) is 8. The second-order valence-electron chi connectivity index (χ2n) is 7.76. The number of nitrogens with two attached hydrogens (primary N) is 1. The average Bonchev–Trinajstić information content (AvgIpc) is 3.47. The Morgan fingerprint density at radius 3 is 2.53 bits per heavy atom. The Hall–Kier alpha value is -4.86. The van der Waals surface area contributed by atoms with Gasteiger partial charge in [0.05, 0.1) is 17.2 Å². The molecule has 0 fully saturated rings. The number of aromatic nitrogens is 6. The summed E-state index contributed by atoms with van der Waals surface area (Å²) in [5.74, 6) is -2.19. The summed E-state index contributed by atoms with van der Waals surface area (Å²) in [7, 11) is 0. The Bertz CT molecular complexity index is 1630. The first-order valence-corrected chi connectivity index (χ1v) is 10.4. The second kappa shape index (κ2) is 8.42. The SMILES string of the molecule is C[C@@H](c1cc(-c2ccccc2F)no1)c1c(C#N)c(-c2cnc(C(F)(F)F)nc2)c2c(N)ncnn12. The van der Waals surface area contributed by atoms with Gasteiger partial charge in [0.15, 0.2) is 5.82 Å². The van der Waals surface area contributed by atoms with Gasteiger partial charge in [-0.3, -0.25) is 0 Å². The van der Waals surface area contributed by atoms with Gasteiger partial charge in [-0.25, -0.2) is 23.9 Å². The number of fused-ring (bicyclic) bond motifs is 1. The van der Waals surface area contributed by atoms with Crippen molar-refractivity contribution in [3.63, 3.8) is 0 Å². The number of hydrogen-bond donors (Lipinski definition) is 1. The zero-order valence-corrected chi connectivity index (χ0v) is 18.3. The van der Waals surface area contributed by atoms with Crippen LogP contribution in [0.4, 0.5) is 23.4 Å². The zero-order chi connectivity index (χ0) is 25.6. The van der Waals surface area contributed by atoms with Crippen molar-refractivity contribution in [3.8, 4) is 28.5 Å². The molecule has 1 aromatic carbocycles. The van der Waals surface area contributed by atoms with Gasteiger partial charge < -0.3 is 10.3 Å². The van der Waals surface area contributed by atoms with E-state index in [-0.39, 0.29) is 45.0 Å². The molecule has 0 radical (unpaired) electrons. The molecule has 4 heterocycles. The van der Waals surface area contributed by atoms with Gasteiger partial charge in [0, 0.05) is 35.2 Å². The zero-order valence-electron chi connectivity index (χ0n) is 18.3. The highest BCUT2D eigenvalue weighted by Gasteiger charge is 2.35. The van der Waals surface area contributed by atoms with Crippen LogP contribution >= 0.6 is 0 Å². The van der Waals surface area contributed by atoms with Crippen molar-refractivity contribution in [2.24, 2.45) is 0 Å². The summed E-state index contributed by atoms with van der Waals surface area (Å²) in [5.41, 5.74) is 7.40. The number of alkyl halides is 3. The van der Waals surface area contributed by atoms with Gasteiger partial charge in [0.25, 0.3) is 0 Å². The van der Waals surface area contributed by atoms with E-state index in [1.165, 1.54) is 23.0 Å². The van der Waals surface area contributed by atoms with Crippen LogP contribution in [0.5, 0.6) is 0 Å². The Balaban J connectivity index is 1.68. The number of benzene rings is 1. The molecular weight excluding hydrogens is 480 g/mol. The monoisotopic (exact) mass is 494 g/mol. The molecule has 0 saturated carbocycles. The number of halogens is 4. The highest BCUT2D eigenvalue weighted by molar-refractivity contribution is 5.92. The smallest absolute Gasteiger partial charge is 0.382 e. The van der Waals surface area contributed by atoms with E-state index in [1.807, 2.05) is 0 Å². The summed E-state index contributed by atoms with van der Waals surface area (Å²) in [6.45, 7) is 1.71. The fourth-order valence-electron chi connectivity index (χ4n) is 3.96. The maximum absolute atomic E-state index is 14.2. The second-order valence-corrected chi connectivity index (χ2v) is 7.76. The van der Waals surface area contributed by atoms with Crippen molar-refractivity contribution in [1.82, 2.24) is 29.7 Å². The summed E-state index contributed by atoms with van der Waals surface area (Å²) >= 11 is 0. The minimum absolute atomic E-state index is 0.0144. The number of nitrogen functional groups attached to an aromatic ring is 1. The lowest BCUT2D eigenvalue weighted by Gasteiger charge is -2.08. The Kier molecular flexibility index (Phi) is 5.36. The van der Waals surface area contributed by atoms with Crippen LogP contribution in [0.3, 0.4) is 0 Å². The van der Waals surface area contributed by atoms with Crippen LogP contribution in [-0.2, 0) is 6.18 Å². The topological polar surface area (TPSA) is 132 Å². The van der Waals surface area contributed by atoms with E-state index in [2.05, 4.69) is 31.3 Å². The van der Waals surface area contributed by atoms with E-state index in [0.717, 1.165) is 12.4 Å². The molecule has 0 aliphatic rings. The molecular formula is C23H14F4N8O. The molecule has 180 valence electrons. The van der Waals surface area contributed by atoms with E-state index in [1.54, 1.807) is 25.1 Å². The molecule has 9 nitrogen and oxygen atoms in total. The Morgan fingerprint density at radius 2 is 1.86 bits per heavy atom. The van der Waals surface area contributed by atoms with Gasteiger partial charge in [-0.2, -0.15) is 23.5 Å². The molecule has 2 N–H and O–H groups in total. The molecule has 13 heteroatoms. The predicted molar refractivity (Wildman–Crippen MR) is 118 cm³/mol. The molecule has 36 heavy (non-hydrogen) atoms. The highest BCUT2D eigenvalue weighted by atomic mass is 19.4. The predicted octanol–water partition coefficient (Wildman–Crippen LogP) is 4.60. The summed E-state index contributed by atoms with van der Waals surface area (Å²) in [6, 6.07) is 9.66. The van der Waals surface area contributed by atoms with Crippen LogP contribution in [-0.4, -0.2) is 29.7 Å². The van der Waals surface area contributed by atoms with Gasteiger partial charge in [0.1, 0.15) is 35.2 Å². The summed E-state index contributed by atoms with van der Waals surface area (Å²) in [4.78, 5) is 10.8. The lowest BCUT2D eigenvalue weighted by molar-refractivity contribution is -0.144. The minimum atomic E-state index is -4.73. The van der Waals surface area contributed by atoms with E-state index >= 15 is 0 Å². The van der Waals surface area contributed by atoms with Gasteiger partial charge in [-0.1, -0.05) is 17.3 Å². The summed E-state index contributed by atoms with van der Waals surface area (Å²) in [6.07, 6.45) is -1.64. The van der Waals surface area contributed by atoms with Gasteiger partial charge in [-0.05, 0) is 19.1 Å². The lowest BCUT2D eigenvalue weighted by Crippen LogP contribution is -2.10. The third kappa shape index (κ3) is 3.68. The standard InChI is InChI=1S/C23H14F4N8O/c1-11(17-6-16(34-36-17)13-4-2-3-5-15(13)24)19-14(7-28)18(20-21(29)32-10-33-35(19)20)12-8-30-22(31-9-12)23(25,26)27/h2-6,8-11H,1H3,(H2,29,32,33)/t11-/m0/s1. The molecule has 0 aliphatic heterocycles. The van der Waals surface area contributed by atoms with E-state index < -0.39 is 23.7 Å². The summed E-state index contributed by atoms with van der Waals surface area (Å²) in [5, 5.41) is 18.2. The number of nitrogens with zero attached hydrogens (tertiary/aromatic N) is 7. The molecule has 0 aliphatic carbocycles. The van der Waals surface area contributed by atoms with Crippen LogP contribution in [0.15, 0.2) is 53.6 Å². The molecule has 0 unspecified atom stereocenters. The fourth-order valence-corrected chi connectivity index (χ4v) is 3.96. The normalized spacial score (nSPS) is 12.6. The van der Waals surface area contributed by atoms with Crippen LogP contribution in [0.1, 0.15) is 35.7 Å². The molecule has 5 aromatic rings. The van der Waals surface area contributed by atoms with Crippen LogP contribution < -0.4 is 5.73 Å². The first-order valence-electron chi connectivity index (χ1n) is 10.4. The molecule has 0 spiro atoms. The molecule has 1 atom stereocenters. The lowest BCUT2D eigenvalue weighted by atomic mass is 9.97. The van der Waals surface area contributed by atoms with Gasteiger partial charge >= 0.3 is 6.18 Å². The Labute approximate surface area is 199 Å². The Morgan fingerprint density at radius 1 is 1.14 bits per heavy atom. The van der Waals surface area contributed by atoms with Crippen molar-refractivity contribution in [2.45, 2.75) is 19.0 Å². The van der Waals surface area contributed by atoms with Crippen molar-refractivity contribution in [2.75, 3.05) is 5.73 Å². The largest absolute Gasteiger partial charge is 0.451 e. The molecule has 0 amide bonds. The van der Waals surface area contributed by atoms with Crippen LogP contribution in [0.2, 0.25) is 0 Å². The maximum atomic E-state index is 14.2. The maximum Gasteiger partial charge on any atom is 0.451 e. The number of anilines is 1. The fraction of sp³-hybridized carbons (Fsp3) is 0.130. The van der Waals surface area contributed by atoms with Crippen molar-refractivity contribution >= 4 is 11.3 Å². The van der Waals surface area contributed by atoms with E-state index in [9.17, 15) is 22.8 Å². The summed E-state index contributed by atoms with van der Waals surface area (Å²) < 4.78 is 60.0. The quantitative estimate of drug-likeness (QED) is 0.359. The van der Waals surface area contributed by atoms with Gasteiger partial charge in [-0.15, -0.1) is 0 Å². The van der Waals surface area contributed by atoms with E-state index in [0.29, 0.717) is 5.69 Å². The van der Waals surface area contributed by atoms with Crippen LogP contribution in [0, 0.1) is 17.1 Å². The first-order chi connectivity index (χ1) is 17.2. The van der Waals surface area contributed by atoms with E-state index in [4.69, 9.17) is 10.3 Å². The average molecular weight is 494 g/mol. The van der Waals surface area contributed by atoms with Gasteiger partial charge in [0.2, 0.25) is 5.82 Å². The molecule has 0 saturated heterocycles. The molecule has 4 aromatic heterocycles. The third-order valence-corrected chi connectivity index (χ3v) is 5.61. The highest BCUT2D eigenvalue weighted by Crippen LogP contribution is 2.40. The minimum Gasteiger partial charge on any atom is -0.382 e. The molecule has 5 rings (SSSR count). The number of nitriles is 1. The van der Waals surface area contributed by atoms with Crippen molar-refractivity contribution in [1.29, 1.82) is 5.26 Å². The van der Waals surface area contributed by atoms with Crippen molar-refractivity contribution < 1.29 is 22.1 Å². The first kappa shape index (κ1) is 22.9.